The fourth-order valence-corrected chi connectivity index (χ4v) is 1.25. The molecule has 17 heavy (non-hydrogen) atoms. The average molecular weight is 250 g/mol. The van der Waals surface area contributed by atoms with E-state index in [2.05, 4.69) is 14.2 Å². The Morgan fingerprint density at radius 3 is 2.06 bits per heavy atom. The fourth-order valence-electron chi connectivity index (χ4n) is 1.25. The SMILES string of the molecule is O=C(O)O.O=C1OCC2(CCOC(=O)O2)CO1. The van der Waals surface area contributed by atoms with Crippen molar-refractivity contribution in [1.82, 2.24) is 0 Å². The molecule has 9 nitrogen and oxygen atoms in total. The van der Waals surface area contributed by atoms with Crippen molar-refractivity contribution in [3.63, 3.8) is 0 Å². The van der Waals surface area contributed by atoms with Crippen LogP contribution in [0.1, 0.15) is 6.42 Å². The Morgan fingerprint density at radius 1 is 1.06 bits per heavy atom. The van der Waals surface area contributed by atoms with Gasteiger partial charge in [0.1, 0.15) is 13.2 Å². The molecule has 2 aliphatic rings. The van der Waals surface area contributed by atoms with Gasteiger partial charge in [0, 0.05) is 6.42 Å². The zero-order valence-electron chi connectivity index (χ0n) is 8.58. The molecule has 2 N–H and O–H groups in total. The van der Waals surface area contributed by atoms with Crippen LogP contribution in [0.3, 0.4) is 0 Å². The Balaban J connectivity index is 0.000000317. The van der Waals surface area contributed by atoms with Crippen molar-refractivity contribution in [2.75, 3.05) is 19.8 Å². The molecule has 0 aromatic rings. The molecule has 1 spiro atoms. The molecule has 2 saturated heterocycles. The van der Waals surface area contributed by atoms with Crippen LogP contribution in [0, 0.1) is 0 Å². The van der Waals surface area contributed by atoms with Crippen molar-refractivity contribution in [3.8, 4) is 0 Å². The van der Waals surface area contributed by atoms with Gasteiger partial charge in [0.25, 0.3) is 0 Å². The molecule has 0 aliphatic carbocycles. The van der Waals surface area contributed by atoms with Gasteiger partial charge in [0.2, 0.25) is 0 Å². The zero-order chi connectivity index (χ0) is 12.9. The summed E-state index contributed by atoms with van der Waals surface area (Å²) >= 11 is 0. The monoisotopic (exact) mass is 250 g/mol. The van der Waals surface area contributed by atoms with E-state index in [-0.39, 0.29) is 19.8 Å². The lowest BCUT2D eigenvalue weighted by atomic mass is 10.0. The summed E-state index contributed by atoms with van der Waals surface area (Å²) in [5.74, 6) is 0. The van der Waals surface area contributed by atoms with Gasteiger partial charge in [-0.25, -0.2) is 14.4 Å². The molecule has 9 heteroatoms. The molecule has 96 valence electrons. The van der Waals surface area contributed by atoms with Crippen LogP contribution < -0.4 is 0 Å². The van der Waals surface area contributed by atoms with Crippen LogP contribution in [-0.2, 0) is 18.9 Å². The normalized spacial score (nSPS) is 20.9. The van der Waals surface area contributed by atoms with E-state index in [0.717, 1.165) is 0 Å². The maximum Gasteiger partial charge on any atom is 0.509 e. The van der Waals surface area contributed by atoms with Crippen molar-refractivity contribution in [2.45, 2.75) is 12.0 Å². The van der Waals surface area contributed by atoms with Gasteiger partial charge in [-0.2, -0.15) is 0 Å². The maximum atomic E-state index is 10.8. The first-order chi connectivity index (χ1) is 7.93. The van der Waals surface area contributed by atoms with Crippen molar-refractivity contribution < 1.29 is 43.5 Å². The van der Waals surface area contributed by atoms with E-state index in [1.807, 2.05) is 0 Å². The first kappa shape index (κ1) is 12.9. The predicted molar refractivity (Wildman–Crippen MR) is 47.7 cm³/mol. The van der Waals surface area contributed by atoms with Crippen LogP contribution in [0.4, 0.5) is 14.4 Å². The lowest BCUT2D eigenvalue weighted by Gasteiger charge is -2.36. The molecule has 0 atom stereocenters. The summed E-state index contributed by atoms with van der Waals surface area (Å²) in [5.41, 5.74) is -0.830. The van der Waals surface area contributed by atoms with Gasteiger partial charge in [-0.15, -0.1) is 0 Å². The number of carboxylic acid groups (broad SMARTS) is 2. The van der Waals surface area contributed by atoms with E-state index >= 15 is 0 Å². The molecule has 0 saturated carbocycles. The standard InChI is InChI=1S/C7H8O6.CH2O3/c8-5-11-3-7(4-12-5)1-2-10-6(9)13-7;2-1(3)4/h1-4H2;(H2,2,3,4). The predicted octanol–water partition coefficient (Wildman–Crippen LogP) is 0.671. The molecular formula is C8H10O9. The first-order valence-corrected chi connectivity index (χ1v) is 4.51. The minimum atomic E-state index is -1.83. The van der Waals surface area contributed by atoms with Crippen LogP contribution in [-0.4, -0.2) is 54.1 Å². The van der Waals surface area contributed by atoms with Gasteiger partial charge in [0.05, 0.1) is 6.61 Å². The van der Waals surface area contributed by atoms with E-state index in [1.54, 1.807) is 0 Å². The van der Waals surface area contributed by atoms with Gasteiger partial charge >= 0.3 is 18.5 Å². The fraction of sp³-hybridized carbons (Fsp3) is 0.625. The van der Waals surface area contributed by atoms with E-state index in [9.17, 15) is 9.59 Å². The third kappa shape index (κ3) is 4.05. The second-order valence-corrected chi connectivity index (χ2v) is 3.24. The lowest BCUT2D eigenvalue weighted by Crippen LogP contribution is -2.52. The second kappa shape index (κ2) is 5.23. The summed E-state index contributed by atoms with van der Waals surface area (Å²) in [5, 5.41) is 13.9. The molecule has 2 fully saturated rings. The summed E-state index contributed by atoms with van der Waals surface area (Å²) in [7, 11) is 0. The van der Waals surface area contributed by atoms with E-state index in [4.69, 9.17) is 19.7 Å². The van der Waals surface area contributed by atoms with Crippen LogP contribution in [0.15, 0.2) is 0 Å². The number of carbonyl (C=O) groups is 3. The Bertz CT molecular complexity index is 309. The molecule has 0 radical (unpaired) electrons. The number of rotatable bonds is 0. The summed E-state index contributed by atoms with van der Waals surface area (Å²) in [6, 6.07) is 0. The summed E-state index contributed by atoms with van der Waals surface area (Å²) in [6.45, 7) is 0.349. The van der Waals surface area contributed by atoms with Crippen molar-refractivity contribution in [2.24, 2.45) is 0 Å². The van der Waals surface area contributed by atoms with Crippen LogP contribution in [0.5, 0.6) is 0 Å². The quantitative estimate of drug-likeness (QED) is 0.595. The van der Waals surface area contributed by atoms with Gasteiger partial charge < -0.3 is 29.2 Å². The lowest BCUT2D eigenvalue weighted by molar-refractivity contribution is -0.162. The maximum absolute atomic E-state index is 10.8. The number of carbonyl (C=O) groups excluding carboxylic acids is 2. The molecule has 0 bridgehead atoms. The molecule has 0 amide bonds. The molecule has 2 heterocycles. The highest BCUT2D eigenvalue weighted by atomic mass is 16.8. The van der Waals surface area contributed by atoms with Crippen LogP contribution in [0.25, 0.3) is 0 Å². The summed E-state index contributed by atoms with van der Waals surface area (Å²) in [6.07, 6.45) is -2.83. The average Bonchev–Trinajstić information content (AvgIpc) is 2.22. The second-order valence-electron chi connectivity index (χ2n) is 3.24. The Morgan fingerprint density at radius 2 is 1.59 bits per heavy atom. The Kier molecular flexibility index (Phi) is 3.96. The minimum Gasteiger partial charge on any atom is -0.450 e. The summed E-state index contributed by atoms with van der Waals surface area (Å²) < 4.78 is 18.7. The van der Waals surface area contributed by atoms with Gasteiger partial charge in [-0.05, 0) is 0 Å². The molecule has 0 aromatic carbocycles. The highest BCUT2D eigenvalue weighted by Gasteiger charge is 2.44. The molecule has 0 aromatic heterocycles. The third-order valence-corrected chi connectivity index (χ3v) is 1.98. The third-order valence-electron chi connectivity index (χ3n) is 1.98. The molecule has 0 unspecified atom stereocenters. The smallest absolute Gasteiger partial charge is 0.450 e. The minimum absolute atomic E-state index is 0.0426. The molecule has 2 aliphatic heterocycles. The first-order valence-electron chi connectivity index (χ1n) is 4.51. The highest BCUT2D eigenvalue weighted by Crippen LogP contribution is 2.25. The number of hydrogen-bond donors (Lipinski definition) is 2. The number of cyclic esters (lactones) is 3. The highest BCUT2D eigenvalue weighted by molar-refractivity contribution is 5.63. The topological polar surface area (TPSA) is 129 Å². The van der Waals surface area contributed by atoms with Gasteiger partial charge in [0.15, 0.2) is 5.60 Å². The van der Waals surface area contributed by atoms with Crippen molar-refractivity contribution in [1.29, 1.82) is 0 Å². The summed E-state index contributed by atoms with van der Waals surface area (Å²) in [4.78, 5) is 29.9. The molecular weight excluding hydrogens is 240 g/mol. The van der Waals surface area contributed by atoms with Crippen LogP contribution in [0.2, 0.25) is 0 Å². The van der Waals surface area contributed by atoms with Gasteiger partial charge in [-0.3, -0.25) is 0 Å². The van der Waals surface area contributed by atoms with Crippen LogP contribution >= 0.6 is 0 Å². The van der Waals surface area contributed by atoms with Gasteiger partial charge in [-0.1, -0.05) is 0 Å². The number of hydrogen-bond acceptors (Lipinski definition) is 7. The van der Waals surface area contributed by atoms with Crippen molar-refractivity contribution >= 4 is 18.5 Å². The largest absolute Gasteiger partial charge is 0.509 e. The van der Waals surface area contributed by atoms with E-state index in [1.165, 1.54) is 0 Å². The Labute approximate surface area is 94.8 Å². The van der Waals surface area contributed by atoms with E-state index in [0.29, 0.717) is 6.42 Å². The van der Waals surface area contributed by atoms with E-state index < -0.39 is 24.1 Å². The molecule has 2 rings (SSSR count). The Hall–Kier alpha value is -2.19. The van der Waals surface area contributed by atoms with Crippen molar-refractivity contribution in [3.05, 3.63) is 0 Å². The number of ether oxygens (including phenoxy) is 4. The zero-order valence-corrected chi connectivity index (χ0v) is 8.58.